The van der Waals surface area contributed by atoms with Crippen LogP contribution in [0.3, 0.4) is 0 Å². The molecule has 0 unspecified atom stereocenters. The van der Waals surface area contributed by atoms with Crippen LogP contribution in [0.1, 0.15) is 21.1 Å². The molecule has 118 valence electrons. The third kappa shape index (κ3) is 4.94. The first-order chi connectivity index (χ1) is 10.2. The third-order valence-corrected chi connectivity index (χ3v) is 3.89. The maximum absolute atomic E-state index is 12.5. The van der Waals surface area contributed by atoms with Crippen LogP contribution in [0.4, 0.5) is 0 Å². The number of nitrogens with zero attached hydrogens (tertiary/aromatic N) is 2. The van der Waals surface area contributed by atoms with Crippen molar-refractivity contribution in [3.8, 4) is 0 Å². The molecule has 0 atom stereocenters. The van der Waals surface area contributed by atoms with Gasteiger partial charge in [0.2, 0.25) is 0 Å². The number of carbonyl (C=O) groups is 1. The summed E-state index contributed by atoms with van der Waals surface area (Å²) in [4.78, 5) is 18.6. The van der Waals surface area contributed by atoms with E-state index in [1.807, 2.05) is 30.3 Å². The molecule has 4 nitrogen and oxygen atoms in total. The largest absolute Gasteiger partial charge is 0.330 e. The summed E-state index contributed by atoms with van der Waals surface area (Å²) in [5.74, 6) is -0.0710. The number of aromatic nitrogens is 1. The van der Waals surface area contributed by atoms with Crippen molar-refractivity contribution in [3.05, 3.63) is 64.6 Å². The molecule has 0 aliphatic carbocycles. The lowest BCUT2D eigenvalue weighted by Gasteiger charge is -2.20. The van der Waals surface area contributed by atoms with Gasteiger partial charge in [0.25, 0.3) is 5.91 Å². The molecule has 2 aromatic rings. The first-order valence-electron chi connectivity index (χ1n) is 6.83. The Hall–Kier alpha value is -1.69. The molecular weight excluding hydrogens is 318 g/mol. The van der Waals surface area contributed by atoms with Crippen LogP contribution < -0.4 is 5.73 Å². The summed E-state index contributed by atoms with van der Waals surface area (Å²) in [7, 11) is 0. The van der Waals surface area contributed by atoms with Gasteiger partial charge in [0.1, 0.15) is 5.69 Å². The second-order valence-electron chi connectivity index (χ2n) is 4.63. The zero-order valence-electron chi connectivity index (χ0n) is 12.3. The molecule has 0 aliphatic heterocycles. The summed E-state index contributed by atoms with van der Waals surface area (Å²) >= 11 is 1.48. The Morgan fingerprint density at radius 1 is 1.36 bits per heavy atom. The third-order valence-electron chi connectivity index (χ3n) is 2.98. The molecule has 22 heavy (non-hydrogen) atoms. The SMILES string of the molecule is C=CCN(Cc1ccccc1)C(=O)c1csc(CCN)n1.Cl. The van der Waals surface area contributed by atoms with E-state index in [-0.39, 0.29) is 18.3 Å². The van der Waals surface area contributed by atoms with Gasteiger partial charge in [-0.05, 0) is 12.1 Å². The number of thiazole rings is 1. The van der Waals surface area contributed by atoms with Crippen molar-refractivity contribution < 1.29 is 4.79 Å². The fourth-order valence-corrected chi connectivity index (χ4v) is 2.78. The summed E-state index contributed by atoms with van der Waals surface area (Å²) in [6.45, 7) is 5.32. The van der Waals surface area contributed by atoms with Crippen molar-refractivity contribution in [2.24, 2.45) is 5.73 Å². The van der Waals surface area contributed by atoms with Crippen LogP contribution in [0.5, 0.6) is 0 Å². The molecule has 0 radical (unpaired) electrons. The van der Waals surface area contributed by atoms with E-state index in [1.165, 1.54) is 11.3 Å². The van der Waals surface area contributed by atoms with Crippen LogP contribution in [-0.4, -0.2) is 28.9 Å². The second kappa shape index (κ2) is 9.35. The van der Waals surface area contributed by atoms with Gasteiger partial charge < -0.3 is 10.6 Å². The Kier molecular flexibility index (Phi) is 7.80. The highest BCUT2D eigenvalue weighted by molar-refractivity contribution is 7.09. The van der Waals surface area contributed by atoms with Gasteiger partial charge in [-0.1, -0.05) is 36.4 Å². The quantitative estimate of drug-likeness (QED) is 0.790. The van der Waals surface area contributed by atoms with Crippen LogP contribution in [0, 0.1) is 0 Å². The second-order valence-corrected chi connectivity index (χ2v) is 5.57. The zero-order valence-corrected chi connectivity index (χ0v) is 13.9. The van der Waals surface area contributed by atoms with Crippen molar-refractivity contribution in [3.63, 3.8) is 0 Å². The van der Waals surface area contributed by atoms with Crippen molar-refractivity contribution in [1.29, 1.82) is 0 Å². The lowest BCUT2D eigenvalue weighted by Crippen LogP contribution is -2.31. The molecule has 1 aromatic carbocycles. The number of amides is 1. The lowest BCUT2D eigenvalue weighted by molar-refractivity contribution is 0.0757. The maximum Gasteiger partial charge on any atom is 0.273 e. The Morgan fingerprint density at radius 2 is 2.09 bits per heavy atom. The standard InChI is InChI=1S/C16H19N3OS.ClH/c1-2-10-19(11-13-6-4-3-5-7-13)16(20)14-12-21-15(18-14)8-9-17;/h2-7,12H,1,8-11,17H2;1H. The van der Waals surface area contributed by atoms with E-state index < -0.39 is 0 Å². The molecular formula is C16H20ClN3OS. The van der Waals surface area contributed by atoms with Crippen LogP contribution in [0.25, 0.3) is 0 Å². The predicted octanol–water partition coefficient (Wildman–Crippen LogP) is 2.89. The van der Waals surface area contributed by atoms with Gasteiger partial charge >= 0.3 is 0 Å². The highest BCUT2D eigenvalue weighted by Gasteiger charge is 2.18. The van der Waals surface area contributed by atoms with E-state index in [0.717, 1.165) is 10.6 Å². The molecule has 1 aromatic heterocycles. The predicted molar refractivity (Wildman–Crippen MR) is 93.5 cm³/mol. The molecule has 0 fully saturated rings. The van der Waals surface area contributed by atoms with E-state index in [0.29, 0.717) is 31.7 Å². The van der Waals surface area contributed by atoms with Crippen LogP contribution >= 0.6 is 23.7 Å². The fraction of sp³-hybridized carbons (Fsp3) is 0.250. The normalized spacial score (nSPS) is 9.86. The summed E-state index contributed by atoms with van der Waals surface area (Å²) < 4.78 is 0. The van der Waals surface area contributed by atoms with E-state index in [4.69, 9.17) is 5.73 Å². The molecule has 0 saturated carbocycles. The zero-order chi connectivity index (χ0) is 15.1. The van der Waals surface area contributed by atoms with Gasteiger partial charge in [0, 0.05) is 24.9 Å². The highest BCUT2D eigenvalue weighted by Crippen LogP contribution is 2.14. The number of rotatable bonds is 7. The van der Waals surface area contributed by atoms with Crippen molar-refractivity contribution in [1.82, 2.24) is 9.88 Å². The monoisotopic (exact) mass is 337 g/mol. The van der Waals surface area contributed by atoms with Gasteiger partial charge in [-0.3, -0.25) is 4.79 Å². The first-order valence-corrected chi connectivity index (χ1v) is 7.71. The smallest absolute Gasteiger partial charge is 0.273 e. The van der Waals surface area contributed by atoms with Gasteiger partial charge in [-0.15, -0.1) is 30.3 Å². The molecule has 6 heteroatoms. The Balaban J connectivity index is 0.00000242. The van der Waals surface area contributed by atoms with Gasteiger partial charge in [-0.2, -0.15) is 0 Å². The molecule has 0 bridgehead atoms. The summed E-state index contributed by atoms with van der Waals surface area (Å²) in [6.07, 6.45) is 2.44. The number of halogens is 1. The summed E-state index contributed by atoms with van der Waals surface area (Å²) in [6, 6.07) is 9.90. The van der Waals surface area contributed by atoms with Gasteiger partial charge in [0.05, 0.1) is 5.01 Å². The van der Waals surface area contributed by atoms with E-state index >= 15 is 0 Å². The van der Waals surface area contributed by atoms with Crippen molar-refractivity contribution in [2.45, 2.75) is 13.0 Å². The number of hydrogen-bond acceptors (Lipinski definition) is 4. The minimum atomic E-state index is -0.0710. The first kappa shape index (κ1) is 18.4. The number of benzene rings is 1. The summed E-state index contributed by atoms with van der Waals surface area (Å²) in [5.41, 5.74) is 7.09. The fourth-order valence-electron chi connectivity index (χ4n) is 1.99. The minimum absolute atomic E-state index is 0. The molecule has 2 rings (SSSR count). The number of hydrogen-bond donors (Lipinski definition) is 1. The average Bonchev–Trinajstić information content (AvgIpc) is 2.96. The molecule has 0 aliphatic rings. The Labute approximate surface area is 141 Å². The minimum Gasteiger partial charge on any atom is -0.330 e. The molecule has 0 saturated heterocycles. The molecule has 0 spiro atoms. The molecule has 1 amide bonds. The van der Waals surface area contributed by atoms with E-state index in [2.05, 4.69) is 11.6 Å². The van der Waals surface area contributed by atoms with Crippen LogP contribution in [0.15, 0.2) is 48.4 Å². The number of carbonyl (C=O) groups excluding carboxylic acids is 1. The molecule has 2 N–H and O–H groups in total. The van der Waals surface area contributed by atoms with Crippen molar-refractivity contribution >= 4 is 29.7 Å². The van der Waals surface area contributed by atoms with Crippen molar-refractivity contribution in [2.75, 3.05) is 13.1 Å². The number of nitrogens with two attached hydrogens (primary N) is 1. The van der Waals surface area contributed by atoms with Gasteiger partial charge in [-0.25, -0.2) is 4.98 Å². The summed E-state index contributed by atoms with van der Waals surface area (Å²) in [5, 5.41) is 2.70. The van der Waals surface area contributed by atoms with Gasteiger partial charge in [0.15, 0.2) is 0 Å². The van der Waals surface area contributed by atoms with Crippen LogP contribution in [-0.2, 0) is 13.0 Å². The maximum atomic E-state index is 12.5. The average molecular weight is 338 g/mol. The molecule has 1 heterocycles. The highest BCUT2D eigenvalue weighted by atomic mass is 35.5. The lowest BCUT2D eigenvalue weighted by atomic mass is 10.2. The van der Waals surface area contributed by atoms with E-state index in [9.17, 15) is 4.79 Å². The van der Waals surface area contributed by atoms with E-state index in [1.54, 1.807) is 16.4 Å². The topological polar surface area (TPSA) is 59.2 Å². The Morgan fingerprint density at radius 3 is 2.73 bits per heavy atom. The Bertz CT molecular complexity index is 600. The van der Waals surface area contributed by atoms with Crippen LogP contribution in [0.2, 0.25) is 0 Å².